The summed E-state index contributed by atoms with van der Waals surface area (Å²) < 4.78 is 11.7. The molecule has 1 saturated carbocycles. The second kappa shape index (κ2) is 14.3. The average molecular weight is 546 g/mol. The van der Waals surface area contributed by atoms with Crippen LogP contribution in [0.2, 0.25) is 5.02 Å². The monoisotopic (exact) mass is 545 g/mol. The zero-order chi connectivity index (χ0) is 27.6. The molecule has 3 aromatic rings. The summed E-state index contributed by atoms with van der Waals surface area (Å²) in [7, 11) is 4.14. The third-order valence-corrected chi connectivity index (χ3v) is 7.52. The van der Waals surface area contributed by atoms with E-state index in [2.05, 4.69) is 62.3 Å². The van der Waals surface area contributed by atoms with Crippen molar-refractivity contribution in [2.45, 2.75) is 51.9 Å². The quantitative estimate of drug-likeness (QED) is 0.138. The van der Waals surface area contributed by atoms with Gasteiger partial charge in [-0.3, -0.25) is 4.79 Å². The third-order valence-electron chi connectivity index (χ3n) is 7.27. The molecule has 0 aromatic heterocycles. The van der Waals surface area contributed by atoms with Crippen molar-refractivity contribution in [3.63, 3.8) is 0 Å². The highest BCUT2D eigenvalue weighted by Gasteiger charge is 2.23. The van der Waals surface area contributed by atoms with Gasteiger partial charge in [0.25, 0.3) is 0 Å². The van der Waals surface area contributed by atoms with Crippen LogP contribution in [0.25, 0.3) is 5.57 Å². The van der Waals surface area contributed by atoms with Crippen LogP contribution in [0.3, 0.4) is 0 Å². The van der Waals surface area contributed by atoms with Crippen molar-refractivity contribution < 1.29 is 14.3 Å². The van der Waals surface area contributed by atoms with Gasteiger partial charge in [0.15, 0.2) is 0 Å². The Hall–Kier alpha value is -3.08. The summed E-state index contributed by atoms with van der Waals surface area (Å²) >= 11 is 6.12. The number of halogens is 1. The minimum absolute atomic E-state index is 0.0270. The molecule has 4 nitrogen and oxygen atoms in total. The molecule has 0 heterocycles. The maximum Gasteiger partial charge on any atom is 0.314 e. The van der Waals surface area contributed by atoms with Gasteiger partial charge in [0.1, 0.15) is 11.5 Å². The van der Waals surface area contributed by atoms with E-state index in [0.717, 1.165) is 72.5 Å². The lowest BCUT2D eigenvalue weighted by molar-refractivity contribution is -0.139. The van der Waals surface area contributed by atoms with Crippen molar-refractivity contribution in [3.8, 4) is 11.5 Å². The highest BCUT2D eigenvalue weighted by molar-refractivity contribution is 6.30. The lowest BCUT2D eigenvalue weighted by Crippen LogP contribution is -2.22. The first-order valence-electron chi connectivity index (χ1n) is 14.0. The molecule has 1 fully saturated rings. The normalized spacial score (nSPS) is 14.7. The van der Waals surface area contributed by atoms with Crippen LogP contribution in [-0.4, -0.2) is 38.1 Å². The molecule has 0 atom stereocenters. The van der Waals surface area contributed by atoms with E-state index >= 15 is 0 Å². The van der Waals surface area contributed by atoms with Gasteiger partial charge >= 0.3 is 5.97 Å². The van der Waals surface area contributed by atoms with Crippen molar-refractivity contribution in [2.75, 3.05) is 27.2 Å². The summed E-state index contributed by atoms with van der Waals surface area (Å²) in [5.74, 6) is 1.40. The molecule has 0 bridgehead atoms. The number of allylic oxidation sites excluding steroid dienone is 1. The summed E-state index contributed by atoms with van der Waals surface area (Å²) in [4.78, 5) is 14.8. The van der Waals surface area contributed by atoms with Gasteiger partial charge in [-0.15, -0.1) is 0 Å². The summed E-state index contributed by atoms with van der Waals surface area (Å²) in [6, 6.07) is 24.3. The Morgan fingerprint density at radius 1 is 0.846 bits per heavy atom. The highest BCUT2D eigenvalue weighted by Crippen LogP contribution is 2.32. The van der Waals surface area contributed by atoms with E-state index < -0.39 is 0 Å². The number of rotatable bonds is 11. The van der Waals surface area contributed by atoms with Crippen LogP contribution in [0.5, 0.6) is 11.5 Å². The van der Waals surface area contributed by atoms with Gasteiger partial charge in [-0.2, -0.15) is 0 Å². The number of nitrogens with zero attached hydrogens (tertiary/aromatic N) is 1. The zero-order valence-corrected chi connectivity index (χ0v) is 24.2. The van der Waals surface area contributed by atoms with Gasteiger partial charge in [-0.05, 0) is 105 Å². The molecule has 39 heavy (non-hydrogen) atoms. The molecule has 4 rings (SSSR count). The number of benzene rings is 3. The van der Waals surface area contributed by atoms with Gasteiger partial charge in [0.05, 0.1) is 12.5 Å². The molecule has 0 radical (unpaired) electrons. The number of ether oxygens (including phenoxy) is 2. The number of carbonyl (C=O) groups excluding carboxylic acids is 1. The third kappa shape index (κ3) is 8.71. The molecule has 1 aliphatic carbocycles. The van der Waals surface area contributed by atoms with Crippen LogP contribution in [-0.2, 0) is 11.2 Å². The molecule has 206 valence electrons. The molecular weight excluding hydrogens is 506 g/mol. The van der Waals surface area contributed by atoms with E-state index in [-0.39, 0.29) is 11.9 Å². The van der Waals surface area contributed by atoms with Crippen LogP contribution in [0, 0.1) is 5.92 Å². The Kier molecular flexibility index (Phi) is 10.6. The highest BCUT2D eigenvalue weighted by atomic mass is 35.5. The summed E-state index contributed by atoms with van der Waals surface area (Å²) in [5.41, 5.74) is 5.80. The Labute approximate surface area is 238 Å². The van der Waals surface area contributed by atoms with E-state index in [1.54, 1.807) is 0 Å². The number of hydrogen-bond donors (Lipinski definition) is 0. The van der Waals surface area contributed by atoms with Crippen LogP contribution in [0.4, 0.5) is 0 Å². The van der Waals surface area contributed by atoms with E-state index in [1.807, 2.05) is 36.4 Å². The standard InChI is InChI=1S/C34H40ClNO3/c1-25(24-26-10-16-30(35)17-11-26)33(27-12-18-31(19-13-27)38-23-7-22-36(2)3)28-14-20-32(21-15-28)39-34(37)29-8-5-4-6-9-29/h10-21,29H,4-9,22-24H2,1-3H3/b33-25-. The van der Waals surface area contributed by atoms with E-state index in [9.17, 15) is 4.79 Å². The van der Waals surface area contributed by atoms with Crippen LogP contribution < -0.4 is 9.47 Å². The maximum atomic E-state index is 12.6. The molecule has 0 spiro atoms. The van der Waals surface area contributed by atoms with Crippen molar-refractivity contribution >= 4 is 23.1 Å². The fourth-order valence-corrected chi connectivity index (χ4v) is 5.30. The molecule has 0 N–H and O–H groups in total. The van der Waals surface area contributed by atoms with Crippen LogP contribution in [0.1, 0.15) is 62.1 Å². The molecule has 3 aromatic carbocycles. The smallest absolute Gasteiger partial charge is 0.314 e. The molecule has 0 amide bonds. The second-order valence-electron chi connectivity index (χ2n) is 10.8. The van der Waals surface area contributed by atoms with Crippen LogP contribution >= 0.6 is 11.6 Å². The Bertz CT molecular complexity index is 1220. The largest absolute Gasteiger partial charge is 0.494 e. The predicted octanol–water partition coefficient (Wildman–Crippen LogP) is 8.22. The van der Waals surface area contributed by atoms with Crippen molar-refractivity contribution in [1.82, 2.24) is 4.90 Å². The molecule has 5 heteroatoms. The molecule has 0 aliphatic heterocycles. The maximum absolute atomic E-state index is 12.6. The van der Waals surface area contributed by atoms with Gasteiger partial charge < -0.3 is 14.4 Å². The Morgan fingerprint density at radius 2 is 1.44 bits per heavy atom. The number of esters is 1. The van der Waals surface area contributed by atoms with Gasteiger partial charge in [0.2, 0.25) is 0 Å². The lowest BCUT2D eigenvalue weighted by atomic mass is 9.89. The molecule has 0 unspecified atom stereocenters. The molecule has 1 aliphatic rings. The number of carbonyl (C=O) groups is 1. The Morgan fingerprint density at radius 3 is 2.03 bits per heavy atom. The first-order valence-corrected chi connectivity index (χ1v) is 14.4. The SMILES string of the molecule is C/C(Cc1ccc(Cl)cc1)=C(\c1ccc(OCCCN(C)C)cc1)c1ccc(OC(=O)C2CCCCC2)cc1. The van der Waals surface area contributed by atoms with Gasteiger partial charge in [-0.25, -0.2) is 0 Å². The lowest BCUT2D eigenvalue weighted by Gasteiger charge is -2.20. The van der Waals surface area contributed by atoms with Crippen molar-refractivity contribution in [1.29, 1.82) is 0 Å². The Balaban J connectivity index is 1.54. The molecule has 0 saturated heterocycles. The summed E-state index contributed by atoms with van der Waals surface area (Å²) in [6.45, 7) is 3.87. The zero-order valence-electron chi connectivity index (χ0n) is 23.4. The van der Waals surface area contributed by atoms with Gasteiger partial charge in [-0.1, -0.05) is 72.8 Å². The fourth-order valence-electron chi connectivity index (χ4n) is 5.17. The average Bonchev–Trinajstić information content (AvgIpc) is 2.94. The fraction of sp³-hybridized carbons (Fsp3) is 0.382. The van der Waals surface area contributed by atoms with Crippen LogP contribution in [0.15, 0.2) is 78.4 Å². The topological polar surface area (TPSA) is 38.8 Å². The van der Waals surface area contributed by atoms with Crippen molar-refractivity contribution in [2.24, 2.45) is 5.92 Å². The first kappa shape index (κ1) is 28.9. The van der Waals surface area contributed by atoms with Crippen molar-refractivity contribution in [3.05, 3.63) is 100 Å². The second-order valence-corrected chi connectivity index (χ2v) is 11.2. The number of hydrogen-bond acceptors (Lipinski definition) is 4. The van der Waals surface area contributed by atoms with Gasteiger partial charge in [0, 0.05) is 11.6 Å². The van der Waals surface area contributed by atoms with E-state index in [1.165, 1.54) is 17.6 Å². The summed E-state index contributed by atoms with van der Waals surface area (Å²) in [6.07, 6.45) is 7.09. The summed E-state index contributed by atoms with van der Waals surface area (Å²) in [5, 5.41) is 0.736. The van der Waals surface area contributed by atoms with E-state index in [0.29, 0.717) is 12.4 Å². The minimum atomic E-state index is -0.0988. The predicted molar refractivity (Wildman–Crippen MR) is 161 cm³/mol. The van der Waals surface area contributed by atoms with E-state index in [4.69, 9.17) is 21.1 Å². The first-order chi connectivity index (χ1) is 18.9. The molecular formula is C34H40ClNO3. The minimum Gasteiger partial charge on any atom is -0.494 e.